The molecule has 0 aromatic carbocycles. The minimum atomic E-state index is -1.44. The van der Waals surface area contributed by atoms with E-state index in [4.69, 9.17) is 31.4 Å². The fraction of sp³-hybridized carbons (Fsp3) is 1.00. The van der Waals surface area contributed by atoms with E-state index in [9.17, 15) is 30.6 Å². The molecule has 0 aromatic rings. The first-order valence-corrected chi connectivity index (χ1v) is 11.8. The second-order valence-corrected chi connectivity index (χ2v) is 10.2. The lowest BCUT2D eigenvalue weighted by molar-refractivity contribution is -0.304. The van der Waals surface area contributed by atoms with Crippen LogP contribution in [0, 0.1) is 0 Å². The fourth-order valence-corrected chi connectivity index (χ4v) is 5.40. The van der Waals surface area contributed by atoms with Crippen LogP contribution < -0.4 is 22.5 Å². The predicted molar refractivity (Wildman–Crippen MR) is 119 cm³/mol. The van der Waals surface area contributed by atoms with E-state index >= 15 is 0 Å². The van der Waals surface area contributed by atoms with Crippen molar-refractivity contribution in [3.05, 3.63) is 0 Å². The largest absolute Gasteiger partial charge is 0.391 e. The molecule has 15 atom stereocenters. The molecule has 3 aliphatic rings. The van der Waals surface area contributed by atoms with Gasteiger partial charge in [0.2, 0.25) is 0 Å². The molecule has 3 rings (SSSR count). The topological polar surface area (TPSA) is 239 Å². The van der Waals surface area contributed by atoms with Gasteiger partial charge in [-0.25, -0.2) is 0 Å². The Morgan fingerprint density at radius 1 is 0.971 bits per heavy atom. The SMILES string of the molecule is CN[C@@H]1[C@@H](O)[C@@H](O[C@@H]2[C@@H](O)[C@H](O[C@H]3O[C@H]([C@@H](C)O)[C@@H](O)[C@H](O)[C@H]3N)[C@@H](N)C[C@H]2N)CC[C@]1(C)O. The highest BCUT2D eigenvalue weighted by atomic mass is 16.7. The maximum atomic E-state index is 11.1. The van der Waals surface area contributed by atoms with Gasteiger partial charge in [0.05, 0.1) is 36.0 Å². The van der Waals surface area contributed by atoms with Gasteiger partial charge in [0.25, 0.3) is 0 Å². The van der Waals surface area contributed by atoms with Crippen LogP contribution in [0.25, 0.3) is 0 Å². The summed E-state index contributed by atoms with van der Waals surface area (Å²) in [4.78, 5) is 0. The number of aliphatic hydroxyl groups is 6. The van der Waals surface area contributed by atoms with Gasteiger partial charge in [0.1, 0.15) is 36.6 Å². The van der Waals surface area contributed by atoms with Gasteiger partial charge in [-0.15, -0.1) is 0 Å². The van der Waals surface area contributed by atoms with Crippen molar-refractivity contribution in [2.24, 2.45) is 17.2 Å². The van der Waals surface area contributed by atoms with E-state index in [-0.39, 0.29) is 6.42 Å². The molecule has 0 aromatic heterocycles. The van der Waals surface area contributed by atoms with Crippen LogP contribution in [-0.2, 0) is 14.2 Å². The van der Waals surface area contributed by atoms with Gasteiger partial charge < -0.3 is 67.4 Å². The van der Waals surface area contributed by atoms with E-state index in [1.54, 1.807) is 14.0 Å². The third-order valence-electron chi connectivity index (χ3n) is 7.48. The molecule has 1 heterocycles. The molecule has 13 nitrogen and oxygen atoms in total. The maximum absolute atomic E-state index is 11.1. The lowest BCUT2D eigenvalue weighted by atomic mass is 9.77. The minimum absolute atomic E-state index is 0.218. The number of likely N-dealkylation sites (N-methyl/N-ethyl adjacent to an activating group) is 1. The first-order chi connectivity index (χ1) is 15.8. The Morgan fingerprint density at radius 2 is 1.56 bits per heavy atom. The van der Waals surface area contributed by atoms with Gasteiger partial charge >= 0.3 is 0 Å². The number of nitrogens with one attached hydrogen (secondary N) is 1. The monoisotopic (exact) mass is 494 g/mol. The maximum Gasteiger partial charge on any atom is 0.176 e. The lowest BCUT2D eigenvalue weighted by Crippen LogP contribution is -2.69. The zero-order chi connectivity index (χ0) is 25.5. The Morgan fingerprint density at radius 3 is 2.12 bits per heavy atom. The van der Waals surface area contributed by atoms with Gasteiger partial charge in [0, 0.05) is 12.1 Å². The average molecular weight is 495 g/mol. The molecule has 3 fully saturated rings. The van der Waals surface area contributed by atoms with Crippen molar-refractivity contribution in [3.63, 3.8) is 0 Å². The summed E-state index contributed by atoms with van der Waals surface area (Å²) >= 11 is 0. The molecule has 0 amide bonds. The van der Waals surface area contributed by atoms with Crippen LogP contribution in [0.5, 0.6) is 0 Å². The Balaban J connectivity index is 1.73. The Labute approximate surface area is 199 Å². The van der Waals surface area contributed by atoms with Crippen LogP contribution >= 0.6 is 0 Å². The van der Waals surface area contributed by atoms with Crippen molar-refractivity contribution in [2.75, 3.05) is 7.05 Å². The van der Waals surface area contributed by atoms with E-state index in [1.165, 1.54) is 6.92 Å². The highest BCUT2D eigenvalue weighted by Gasteiger charge is 2.51. The summed E-state index contributed by atoms with van der Waals surface area (Å²) in [6, 6.07) is -3.20. The molecule has 1 saturated heterocycles. The number of hydrogen-bond donors (Lipinski definition) is 10. The molecule has 2 aliphatic carbocycles. The van der Waals surface area contributed by atoms with Gasteiger partial charge in [-0.2, -0.15) is 0 Å². The van der Waals surface area contributed by atoms with Crippen LogP contribution in [0.4, 0.5) is 0 Å². The summed E-state index contributed by atoms with van der Waals surface area (Å²) in [5.41, 5.74) is 17.3. The molecule has 13 N–H and O–H groups in total. The molecule has 13 heteroatoms. The summed E-state index contributed by atoms with van der Waals surface area (Å²) in [6.07, 6.45) is -10.6. The zero-order valence-electron chi connectivity index (χ0n) is 19.8. The lowest BCUT2D eigenvalue weighted by Gasteiger charge is -2.49. The Hall–Kier alpha value is -0.520. The molecule has 0 radical (unpaired) electrons. The molecule has 2 saturated carbocycles. The van der Waals surface area contributed by atoms with Crippen molar-refractivity contribution >= 4 is 0 Å². The molecule has 0 unspecified atom stereocenters. The third-order valence-corrected chi connectivity index (χ3v) is 7.48. The van der Waals surface area contributed by atoms with E-state index in [2.05, 4.69) is 5.32 Å². The normalized spacial score (nSPS) is 53.5. The van der Waals surface area contributed by atoms with Crippen LogP contribution in [0.2, 0.25) is 0 Å². The second kappa shape index (κ2) is 10.8. The number of aliphatic hydroxyl groups excluding tert-OH is 5. The van der Waals surface area contributed by atoms with Gasteiger partial charge in [-0.1, -0.05) is 0 Å². The number of nitrogens with two attached hydrogens (primary N) is 3. The molecule has 0 bridgehead atoms. The minimum Gasteiger partial charge on any atom is -0.391 e. The second-order valence-electron chi connectivity index (χ2n) is 10.2. The van der Waals surface area contributed by atoms with Crippen molar-refractivity contribution in [3.8, 4) is 0 Å². The average Bonchev–Trinajstić information content (AvgIpc) is 2.75. The first-order valence-electron chi connectivity index (χ1n) is 11.8. The summed E-state index contributed by atoms with van der Waals surface area (Å²) in [6.45, 7) is 3.03. The number of hydrogen-bond acceptors (Lipinski definition) is 13. The molecule has 0 spiro atoms. The molecule has 1 aliphatic heterocycles. The van der Waals surface area contributed by atoms with Crippen molar-refractivity contribution in [1.29, 1.82) is 0 Å². The van der Waals surface area contributed by atoms with Crippen LogP contribution in [0.1, 0.15) is 33.1 Å². The summed E-state index contributed by atoms with van der Waals surface area (Å²) < 4.78 is 17.6. The van der Waals surface area contributed by atoms with Gasteiger partial charge in [-0.05, 0) is 40.2 Å². The highest BCUT2D eigenvalue weighted by Crippen LogP contribution is 2.34. The molecular formula is C21H42N4O9. The highest BCUT2D eigenvalue weighted by molar-refractivity contribution is 5.04. The van der Waals surface area contributed by atoms with Crippen LogP contribution in [0.15, 0.2) is 0 Å². The van der Waals surface area contributed by atoms with Crippen molar-refractivity contribution < 1.29 is 44.8 Å². The summed E-state index contributed by atoms with van der Waals surface area (Å²) in [5.74, 6) is 0. The van der Waals surface area contributed by atoms with Crippen molar-refractivity contribution in [1.82, 2.24) is 5.32 Å². The van der Waals surface area contributed by atoms with Crippen molar-refractivity contribution in [2.45, 2.75) is 124 Å². The standard InChI is InChI=1S/C21H42N4O9/c1-7(26)16-14(29)13(28)11(24)20(33-16)34-18-9(23)6-8(22)17(15(18)30)32-10-4-5-21(2,31)19(25-3)12(10)27/h7-20,25-31H,4-6,22-24H2,1-3H3/t7-,8-,9+,10+,11-,12+,13-,14+,15-,16-,17+,18-,19-,20-,21+/m1/s1. The smallest absolute Gasteiger partial charge is 0.176 e. The third kappa shape index (κ3) is 5.42. The van der Waals surface area contributed by atoms with Gasteiger partial charge in [-0.3, -0.25) is 0 Å². The van der Waals surface area contributed by atoms with Gasteiger partial charge in [0.15, 0.2) is 6.29 Å². The first kappa shape index (κ1) is 28.1. The predicted octanol–water partition coefficient (Wildman–Crippen LogP) is -4.81. The number of rotatable bonds is 6. The quantitative estimate of drug-likeness (QED) is 0.167. The molecule has 200 valence electrons. The Bertz CT molecular complexity index is 674. The molecule has 34 heavy (non-hydrogen) atoms. The van der Waals surface area contributed by atoms with E-state index in [0.717, 1.165) is 0 Å². The summed E-state index contributed by atoms with van der Waals surface area (Å²) in [5, 5.41) is 65.7. The van der Waals surface area contributed by atoms with Crippen LogP contribution in [-0.4, -0.2) is 129 Å². The fourth-order valence-electron chi connectivity index (χ4n) is 5.40. The van der Waals surface area contributed by atoms with E-state index in [0.29, 0.717) is 12.8 Å². The van der Waals surface area contributed by atoms with Crippen LogP contribution in [0.3, 0.4) is 0 Å². The molecular weight excluding hydrogens is 452 g/mol. The van der Waals surface area contributed by atoms with E-state index < -0.39 is 91.0 Å². The zero-order valence-corrected chi connectivity index (χ0v) is 19.8. The Kier molecular flexibility index (Phi) is 8.95. The number of ether oxygens (including phenoxy) is 3. The summed E-state index contributed by atoms with van der Waals surface area (Å²) in [7, 11) is 1.63. The van der Waals surface area contributed by atoms with E-state index in [1.807, 2.05) is 0 Å².